The number of aliphatic carboxylic acids is 1. The molecule has 9 heteroatoms. The number of nitrogens with two attached hydrogens (primary N) is 1. The number of hydrogen-bond acceptors (Lipinski definition) is 5. The summed E-state index contributed by atoms with van der Waals surface area (Å²) in [7, 11) is 0. The van der Waals surface area contributed by atoms with Gasteiger partial charge in [-0.15, -0.1) is 0 Å². The van der Waals surface area contributed by atoms with Gasteiger partial charge in [0.1, 0.15) is 18.2 Å². The Bertz CT molecular complexity index is 779. The number of amides is 3. The number of rotatable bonds is 13. The zero-order chi connectivity index (χ0) is 24.2. The molecule has 7 atom stereocenters. The number of carbonyl (C=O) groups is 4. The fourth-order valence-corrected chi connectivity index (χ4v) is 6.02. The zero-order valence-corrected chi connectivity index (χ0v) is 20.0. The Balaban J connectivity index is 1.20. The third kappa shape index (κ3) is 6.42. The molecular formula is C25H39N3O6. The van der Waals surface area contributed by atoms with Crippen LogP contribution in [0, 0.1) is 23.7 Å². The summed E-state index contributed by atoms with van der Waals surface area (Å²) in [5, 5.41) is 11.8. The SMILES string of the molecule is NC(=O)[C@@H]1CCCN1C(=O)[C@H](CCCCCCC[C@@H]1C[C@@H]1C(=O)O)NC(=O)OC1C[C@@H]2C[C@@H]2C1. The van der Waals surface area contributed by atoms with Crippen molar-refractivity contribution in [1.82, 2.24) is 10.2 Å². The molecule has 190 valence electrons. The summed E-state index contributed by atoms with van der Waals surface area (Å²) < 4.78 is 5.59. The first-order chi connectivity index (χ1) is 16.3. The second-order valence-electron chi connectivity index (χ2n) is 10.8. The van der Waals surface area contributed by atoms with Crippen molar-refractivity contribution in [3.8, 4) is 0 Å². The van der Waals surface area contributed by atoms with Crippen molar-refractivity contribution in [2.45, 2.75) is 102 Å². The molecule has 1 unspecified atom stereocenters. The lowest BCUT2D eigenvalue weighted by Crippen LogP contribution is -2.53. The van der Waals surface area contributed by atoms with E-state index in [0.29, 0.717) is 37.1 Å². The number of hydrogen-bond donors (Lipinski definition) is 3. The summed E-state index contributed by atoms with van der Waals surface area (Å²) >= 11 is 0. The number of nitrogens with zero attached hydrogens (tertiary/aromatic N) is 1. The number of nitrogens with one attached hydrogen (secondary N) is 1. The van der Waals surface area contributed by atoms with Crippen molar-refractivity contribution in [3.05, 3.63) is 0 Å². The van der Waals surface area contributed by atoms with Gasteiger partial charge in [0.2, 0.25) is 11.8 Å². The molecule has 9 nitrogen and oxygen atoms in total. The molecule has 4 aliphatic rings. The smallest absolute Gasteiger partial charge is 0.408 e. The van der Waals surface area contributed by atoms with Gasteiger partial charge in [-0.05, 0) is 69.1 Å². The van der Waals surface area contributed by atoms with Crippen molar-refractivity contribution >= 4 is 23.9 Å². The second kappa shape index (κ2) is 11.0. The molecule has 3 aliphatic carbocycles. The Morgan fingerprint density at radius 3 is 2.38 bits per heavy atom. The standard InChI is InChI=1S/C25H39N3O6/c26-22(29)21-9-6-10-28(21)23(30)20(27-25(33)34-18-12-16-11-17(16)13-18)8-5-3-1-2-4-7-15-14-19(15)24(31)32/h15-21H,1-14H2,(H2,26,29)(H,27,33)(H,31,32)/t15-,16-,17+,18?,19+,20+,21+/m1/s1. The van der Waals surface area contributed by atoms with Crippen LogP contribution in [0.4, 0.5) is 4.79 Å². The number of alkyl carbamates (subject to hydrolysis) is 1. The summed E-state index contributed by atoms with van der Waals surface area (Å²) in [4.78, 5) is 50.0. The van der Waals surface area contributed by atoms with Crippen molar-refractivity contribution < 1.29 is 29.0 Å². The van der Waals surface area contributed by atoms with Crippen LogP contribution < -0.4 is 11.1 Å². The van der Waals surface area contributed by atoms with E-state index < -0.39 is 30.1 Å². The average Bonchev–Trinajstić information content (AvgIpc) is 3.62. The molecule has 34 heavy (non-hydrogen) atoms. The van der Waals surface area contributed by atoms with Gasteiger partial charge in [0.25, 0.3) is 0 Å². The average molecular weight is 478 g/mol. The van der Waals surface area contributed by atoms with E-state index in [2.05, 4.69) is 5.32 Å². The quantitative estimate of drug-likeness (QED) is 0.349. The van der Waals surface area contributed by atoms with Crippen LogP contribution in [0.3, 0.4) is 0 Å². The van der Waals surface area contributed by atoms with Gasteiger partial charge in [0, 0.05) is 6.54 Å². The third-order valence-electron chi connectivity index (χ3n) is 8.24. The molecule has 0 aromatic heterocycles. The van der Waals surface area contributed by atoms with Crippen LogP contribution in [-0.4, -0.2) is 58.6 Å². The Morgan fingerprint density at radius 2 is 1.71 bits per heavy atom. The predicted molar refractivity (Wildman–Crippen MR) is 124 cm³/mol. The Labute approximate surface area is 201 Å². The molecule has 0 aromatic carbocycles. The highest BCUT2D eigenvalue weighted by Crippen LogP contribution is 2.52. The molecular weight excluding hydrogens is 438 g/mol. The van der Waals surface area contributed by atoms with Crippen LogP contribution in [0.5, 0.6) is 0 Å². The highest BCUT2D eigenvalue weighted by Gasteiger charge is 2.47. The minimum absolute atomic E-state index is 0.0585. The van der Waals surface area contributed by atoms with Gasteiger partial charge in [0.05, 0.1) is 5.92 Å². The number of primary amides is 1. The molecule has 1 heterocycles. The topological polar surface area (TPSA) is 139 Å². The molecule has 0 aromatic rings. The van der Waals surface area contributed by atoms with E-state index in [9.17, 15) is 19.2 Å². The lowest BCUT2D eigenvalue weighted by molar-refractivity contribution is -0.139. The summed E-state index contributed by atoms with van der Waals surface area (Å²) in [6.45, 7) is 0.476. The molecule has 0 bridgehead atoms. The summed E-state index contributed by atoms with van der Waals surface area (Å²) in [5.41, 5.74) is 5.49. The van der Waals surface area contributed by atoms with Crippen LogP contribution >= 0.6 is 0 Å². The van der Waals surface area contributed by atoms with Gasteiger partial charge in [0.15, 0.2) is 0 Å². The number of carboxylic acid groups (broad SMARTS) is 1. The molecule has 1 saturated heterocycles. The molecule has 4 N–H and O–H groups in total. The maximum absolute atomic E-state index is 13.2. The van der Waals surface area contributed by atoms with Gasteiger partial charge in [-0.1, -0.05) is 32.1 Å². The van der Waals surface area contributed by atoms with Gasteiger partial charge >= 0.3 is 12.1 Å². The summed E-state index contributed by atoms with van der Waals surface area (Å²) in [5.74, 6) is 0.186. The van der Waals surface area contributed by atoms with Crippen LogP contribution in [0.2, 0.25) is 0 Å². The van der Waals surface area contributed by atoms with E-state index >= 15 is 0 Å². The van der Waals surface area contributed by atoms with E-state index in [4.69, 9.17) is 15.6 Å². The largest absolute Gasteiger partial charge is 0.481 e. The Morgan fingerprint density at radius 1 is 1.00 bits per heavy atom. The number of carboxylic acids is 1. The lowest BCUT2D eigenvalue weighted by atomic mass is 10.0. The number of likely N-dealkylation sites (tertiary alicyclic amines) is 1. The Kier molecular flexibility index (Phi) is 7.99. The second-order valence-corrected chi connectivity index (χ2v) is 10.8. The van der Waals surface area contributed by atoms with Crippen LogP contribution in [0.1, 0.15) is 83.5 Å². The lowest BCUT2D eigenvalue weighted by Gasteiger charge is -2.28. The fraction of sp³-hybridized carbons (Fsp3) is 0.840. The molecule has 0 spiro atoms. The van der Waals surface area contributed by atoms with Gasteiger partial charge in [-0.2, -0.15) is 0 Å². The first kappa shape index (κ1) is 24.8. The highest BCUT2D eigenvalue weighted by molar-refractivity contribution is 5.91. The minimum Gasteiger partial charge on any atom is -0.481 e. The van der Waals surface area contributed by atoms with Crippen molar-refractivity contribution in [2.24, 2.45) is 29.4 Å². The zero-order valence-electron chi connectivity index (χ0n) is 20.0. The van der Waals surface area contributed by atoms with Crippen LogP contribution in [0.15, 0.2) is 0 Å². The van der Waals surface area contributed by atoms with E-state index in [1.54, 1.807) is 0 Å². The van der Waals surface area contributed by atoms with Gasteiger partial charge in [-0.25, -0.2) is 4.79 Å². The first-order valence-corrected chi connectivity index (χ1v) is 13.1. The van der Waals surface area contributed by atoms with E-state index in [1.807, 2.05) is 0 Å². The van der Waals surface area contributed by atoms with Gasteiger partial charge in [-0.3, -0.25) is 14.4 Å². The minimum atomic E-state index is -0.717. The van der Waals surface area contributed by atoms with Crippen molar-refractivity contribution in [1.29, 1.82) is 0 Å². The first-order valence-electron chi connectivity index (χ1n) is 13.1. The molecule has 4 rings (SSSR count). The van der Waals surface area contributed by atoms with Crippen LogP contribution in [0.25, 0.3) is 0 Å². The highest BCUT2D eigenvalue weighted by atomic mass is 16.6. The maximum atomic E-state index is 13.2. The van der Waals surface area contributed by atoms with Crippen molar-refractivity contribution in [3.63, 3.8) is 0 Å². The molecule has 0 radical (unpaired) electrons. The molecule has 1 aliphatic heterocycles. The fourth-order valence-electron chi connectivity index (χ4n) is 6.02. The summed E-state index contributed by atoms with van der Waals surface area (Å²) in [6, 6.07) is -1.32. The van der Waals surface area contributed by atoms with Gasteiger partial charge < -0.3 is 25.8 Å². The molecule has 4 fully saturated rings. The predicted octanol–water partition coefficient (Wildman–Crippen LogP) is 2.81. The van der Waals surface area contributed by atoms with E-state index in [-0.39, 0.29) is 17.9 Å². The van der Waals surface area contributed by atoms with E-state index in [0.717, 1.165) is 64.2 Å². The third-order valence-corrected chi connectivity index (χ3v) is 8.24. The number of ether oxygens (including phenoxy) is 1. The monoisotopic (exact) mass is 477 g/mol. The number of unbranched alkanes of at least 4 members (excludes halogenated alkanes) is 4. The van der Waals surface area contributed by atoms with Crippen LogP contribution in [-0.2, 0) is 19.1 Å². The normalized spacial score (nSPS) is 32.1. The maximum Gasteiger partial charge on any atom is 0.408 e. The number of carbonyl (C=O) groups excluding carboxylic acids is 3. The van der Waals surface area contributed by atoms with Crippen molar-refractivity contribution in [2.75, 3.05) is 6.54 Å². The summed E-state index contributed by atoms with van der Waals surface area (Å²) in [6.07, 6.45) is 10.8. The molecule has 3 saturated carbocycles. The Hall–Kier alpha value is -2.32. The molecule has 3 amide bonds. The van der Waals surface area contributed by atoms with E-state index in [1.165, 1.54) is 11.3 Å². The number of fused-ring (bicyclic) bond motifs is 1.